The molecule has 2 saturated carbocycles. The molecular weight excluding hydrogens is 501 g/mol. The molecule has 0 aromatic heterocycles. The van der Waals surface area contributed by atoms with Crippen molar-refractivity contribution in [2.24, 2.45) is 35.5 Å². The van der Waals surface area contributed by atoms with Crippen molar-refractivity contribution in [3.05, 3.63) is 108 Å². The third-order valence-electron chi connectivity index (χ3n) is 10.8. The van der Waals surface area contributed by atoms with Crippen LogP contribution in [-0.4, -0.2) is 19.9 Å². The summed E-state index contributed by atoms with van der Waals surface area (Å²) in [5.74, 6) is 3.85. The molecule has 0 aliphatic heterocycles. The normalized spacial score (nSPS) is 34.5. The molecule has 0 spiro atoms. The highest BCUT2D eigenvalue weighted by Gasteiger charge is 2.60. The summed E-state index contributed by atoms with van der Waals surface area (Å²) in [7, 11) is -1.98. The molecule has 8 atom stereocenters. The summed E-state index contributed by atoms with van der Waals surface area (Å²) < 4.78 is 6.88. The molecule has 4 aliphatic carbocycles. The van der Waals surface area contributed by atoms with Crippen LogP contribution in [0.5, 0.6) is 0 Å². The first kappa shape index (κ1) is 27.7. The largest absolute Gasteiger partial charge is 0.379 e. The van der Waals surface area contributed by atoms with Crippen LogP contribution in [0.1, 0.15) is 58.6 Å². The van der Waals surface area contributed by atoms with E-state index in [9.17, 15) is 0 Å². The standard InChI is InChI=1S/C38H48OSi/c1-26-23-34-30(28-15-9-7-10-16-28)19-13-21-32(34)36(26)40(6,25-39-38(3,4)5)37-27(2)24-35-31(20-14-22-33(35)37)29-17-11-8-12-18-29/h7-22,26-27,32-37H,23-25H2,1-6H3. The van der Waals surface area contributed by atoms with Crippen LogP contribution >= 0.6 is 0 Å². The molecule has 2 fully saturated rings. The van der Waals surface area contributed by atoms with E-state index in [1.165, 1.54) is 24.0 Å². The molecule has 1 nitrogen and oxygen atoms in total. The molecule has 0 heterocycles. The average Bonchev–Trinajstić information content (AvgIpc) is 3.48. The number of hydrogen-bond acceptors (Lipinski definition) is 1. The van der Waals surface area contributed by atoms with Gasteiger partial charge in [-0.25, -0.2) is 0 Å². The highest BCUT2D eigenvalue weighted by atomic mass is 28.3. The van der Waals surface area contributed by atoms with Crippen molar-refractivity contribution in [3.63, 3.8) is 0 Å². The van der Waals surface area contributed by atoms with E-state index in [2.05, 4.69) is 138 Å². The molecule has 2 aromatic rings. The summed E-state index contributed by atoms with van der Waals surface area (Å²) >= 11 is 0. The molecule has 0 amide bonds. The van der Waals surface area contributed by atoms with E-state index >= 15 is 0 Å². The Morgan fingerprint density at radius 1 is 0.700 bits per heavy atom. The molecule has 2 heteroatoms. The minimum atomic E-state index is -1.98. The van der Waals surface area contributed by atoms with E-state index in [1.807, 2.05) is 0 Å². The van der Waals surface area contributed by atoms with Gasteiger partial charge in [0, 0.05) is 6.23 Å². The quantitative estimate of drug-likeness (QED) is 0.326. The summed E-state index contributed by atoms with van der Waals surface area (Å²) in [4.78, 5) is 0. The number of allylic oxidation sites excluding steroid dienone is 8. The minimum absolute atomic E-state index is 0.119. The molecule has 4 aliphatic rings. The highest BCUT2D eigenvalue weighted by Crippen LogP contribution is 2.64. The number of ether oxygens (including phenoxy) is 1. The van der Waals surface area contributed by atoms with Crippen LogP contribution in [0.4, 0.5) is 0 Å². The van der Waals surface area contributed by atoms with Crippen LogP contribution in [0.25, 0.3) is 11.1 Å². The maximum atomic E-state index is 6.88. The van der Waals surface area contributed by atoms with Gasteiger partial charge in [0.25, 0.3) is 0 Å². The summed E-state index contributed by atoms with van der Waals surface area (Å²) in [6.07, 6.45) is 18.3. The van der Waals surface area contributed by atoms with Crippen LogP contribution in [0.2, 0.25) is 17.6 Å². The molecule has 0 saturated heterocycles. The Morgan fingerprint density at radius 2 is 1.12 bits per heavy atom. The second-order valence-electron chi connectivity index (χ2n) is 14.5. The number of fused-ring (bicyclic) bond motifs is 2. The zero-order valence-electron chi connectivity index (χ0n) is 25.4. The Kier molecular flexibility index (Phi) is 7.46. The first-order valence-electron chi connectivity index (χ1n) is 15.7. The van der Waals surface area contributed by atoms with Gasteiger partial charge < -0.3 is 4.74 Å². The summed E-state index contributed by atoms with van der Waals surface area (Å²) in [6, 6.07) is 22.3. The fourth-order valence-corrected chi connectivity index (χ4v) is 16.4. The van der Waals surface area contributed by atoms with Gasteiger partial charge in [-0.05, 0) is 102 Å². The van der Waals surface area contributed by atoms with Crippen molar-refractivity contribution in [1.29, 1.82) is 0 Å². The Labute approximate surface area is 244 Å². The molecule has 2 aromatic carbocycles. The van der Waals surface area contributed by atoms with Gasteiger partial charge in [0.05, 0.1) is 13.7 Å². The fraction of sp³-hybridized carbons (Fsp3) is 0.474. The first-order valence-corrected chi connectivity index (χ1v) is 18.5. The Balaban J connectivity index is 1.38. The van der Waals surface area contributed by atoms with Gasteiger partial charge in [-0.3, -0.25) is 0 Å². The summed E-state index contributed by atoms with van der Waals surface area (Å²) in [6.45, 7) is 14.6. The van der Waals surface area contributed by atoms with Gasteiger partial charge in [-0.15, -0.1) is 0 Å². The van der Waals surface area contributed by atoms with Gasteiger partial charge in [-0.1, -0.05) is 118 Å². The van der Waals surface area contributed by atoms with Crippen LogP contribution in [0, 0.1) is 35.5 Å². The van der Waals surface area contributed by atoms with Crippen LogP contribution < -0.4 is 0 Å². The van der Waals surface area contributed by atoms with Gasteiger partial charge in [0.2, 0.25) is 0 Å². The lowest BCUT2D eigenvalue weighted by molar-refractivity contribution is 0.0197. The smallest absolute Gasteiger partial charge is 0.0885 e. The van der Waals surface area contributed by atoms with Crippen LogP contribution in [-0.2, 0) is 4.74 Å². The summed E-state index contributed by atoms with van der Waals surface area (Å²) in [5, 5.41) is 0. The lowest BCUT2D eigenvalue weighted by Crippen LogP contribution is -2.53. The highest BCUT2D eigenvalue weighted by molar-refractivity contribution is 6.81. The Bertz CT molecular complexity index is 1220. The Hall–Kier alpha value is -2.42. The van der Waals surface area contributed by atoms with Gasteiger partial charge in [0.1, 0.15) is 0 Å². The lowest BCUT2D eigenvalue weighted by Gasteiger charge is -2.48. The van der Waals surface area contributed by atoms with E-state index in [1.54, 1.807) is 11.1 Å². The zero-order valence-corrected chi connectivity index (χ0v) is 26.4. The molecule has 210 valence electrons. The third kappa shape index (κ3) is 4.96. The first-order chi connectivity index (χ1) is 19.2. The van der Waals surface area contributed by atoms with E-state index in [-0.39, 0.29) is 5.60 Å². The van der Waals surface area contributed by atoms with Crippen molar-refractivity contribution in [1.82, 2.24) is 0 Å². The van der Waals surface area contributed by atoms with Crippen molar-refractivity contribution < 1.29 is 4.74 Å². The molecule has 0 N–H and O–H groups in total. The SMILES string of the molecule is CC1CC2C(c3ccccc3)=CC=CC2C1[Si](C)(COC(C)(C)C)C1C(C)CC2C(c3ccccc3)=CC=CC21. The van der Waals surface area contributed by atoms with Crippen molar-refractivity contribution in [2.75, 3.05) is 6.23 Å². The topological polar surface area (TPSA) is 9.23 Å². The van der Waals surface area contributed by atoms with Crippen molar-refractivity contribution in [2.45, 2.75) is 70.7 Å². The minimum Gasteiger partial charge on any atom is -0.379 e. The van der Waals surface area contributed by atoms with Gasteiger partial charge >= 0.3 is 0 Å². The van der Waals surface area contributed by atoms with E-state index in [0.717, 1.165) is 6.23 Å². The number of benzene rings is 2. The molecular formula is C38H48OSi. The van der Waals surface area contributed by atoms with Gasteiger partial charge in [0.15, 0.2) is 0 Å². The Morgan fingerprint density at radius 3 is 1.52 bits per heavy atom. The third-order valence-corrected chi connectivity index (χ3v) is 16.5. The molecule has 8 unspecified atom stereocenters. The predicted octanol–water partition coefficient (Wildman–Crippen LogP) is 10.0. The number of rotatable bonds is 6. The fourth-order valence-electron chi connectivity index (χ4n) is 9.51. The molecule has 0 radical (unpaired) electrons. The van der Waals surface area contributed by atoms with E-state index in [4.69, 9.17) is 4.74 Å². The van der Waals surface area contributed by atoms with Crippen LogP contribution in [0.3, 0.4) is 0 Å². The summed E-state index contributed by atoms with van der Waals surface area (Å²) in [5.41, 5.74) is 7.24. The monoisotopic (exact) mass is 548 g/mol. The second-order valence-corrected chi connectivity index (χ2v) is 19.1. The molecule has 6 rings (SSSR count). The van der Waals surface area contributed by atoms with Crippen molar-refractivity contribution in [3.8, 4) is 0 Å². The predicted molar refractivity (Wildman–Crippen MR) is 173 cm³/mol. The van der Waals surface area contributed by atoms with E-state index < -0.39 is 8.07 Å². The maximum absolute atomic E-state index is 6.88. The van der Waals surface area contributed by atoms with Crippen molar-refractivity contribution >= 4 is 19.2 Å². The molecule has 40 heavy (non-hydrogen) atoms. The second kappa shape index (κ2) is 10.8. The van der Waals surface area contributed by atoms with Crippen LogP contribution in [0.15, 0.2) is 97.1 Å². The lowest BCUT2D eigenvalue weighted by atomic mass is 9.81. The number of hydrogen-bond donors (Lipinski definition) is 0. The maximum Gasteiger partial charge on any atom is 0.0885 e. The zero-order chi connectivity index (χ0) is 28.1. The van der Waals surface area contributed by atoms with E-state index in [0.29, 0.717) is 46.6 Å². The molecule has 0 bridgehead atoms. The van der Waals surface area contributed by atoms with Gasteiger partial charge in [-0.2, -0.15) is 0 Å². The average molecular weight is 549 g/mol.